The number of ether oxygens (including phenoxy) is 1. The van der Waals surface area contributed by atoms with Crippen LogP contribution >= 0.6 is 0 Å². The van der Waals surface area contributed by atoms with Gasteiger partial charge in [-0.3, -0.25) is 15.0 Å². The third-order valence-corrected chi connectivity index (χ3v) is 4.63. The number of aromatic nitrogens is 1. The van der Waals surface area contributed by atoms with Crippen LogP contribution in [0.4, 0.5) is 5.69 Å². The first kappa shape index (κ1) is 19.3. The summed E-state index contributed by atoms with van der Waals surface area (Å²) in [5.74, 6) is 0.290. The highest BCUT2D eigenvalue weighted by molar-refractivity contribution is 6.14. The lowest BCUT2D eigenvalue weighted by atomic mass is 9.99. The number of anilines is 1. The molecule has 1 fully saturated rings. The van der Waals surface area contributed by atoms with Gasteiger partial charge in [-0.2, -0.15) is 5.10 Å². The molecule has 0 unspecified atom stereocenters. The molecule has 0 radical (unpaired) electrons. The van der Waals surface area contributed by atoms with Gasteiger partial charge in [0.25, 0.3) is 5.91 Å². The number of para-hydroxylation sites is 1. The zero-order valence-electron chi connectivity index (χ0n) is 15.6. The second-order valence-corrected chi connectivity index (χ2v) is 6.61. The first-order chi connectivity index (χ1) is 13.6. The van der Waals surface area contributed by atoms with Crippen LogP contribution in [0.25, 0.3) is 0 Å². The summed E-state index contributed by atoms with van der Waals surface area (Å²) in [6.45, 7) is 2.44. The van der Waals surface area contributed by atoms with Crippen LogP contribution in [-0.4, -0.2) is 46.9 Å². The van der Waals surface area contributed by atoms with E-state index < -0.39 is 0 Å². The maximum atomic E-state index is 13.2. The van der Waals surface area contributed by atoms with Gasteiger partial charge in [0.05, 0.1) is 24.0 Å². The zero-order valence-corrected chi connectivity index (χ0v) is 15.6. The van der Waals surface area contributed by atoms with Gasteiger partial charge in [0, 0.05) is 30.6 Å². The van der Waals surface area contributed by atoms with E-state index in [4.69, 9.17) is 10.1 Å². The Bertz CT molecular complexity index is 924. The number of hydrogen-bond donors (Lipinski definition) is 3. The van der Waals surface area contributed by atoms with Crippen LogP contribution in [0.1, 0.15) is 30.1 Å². The number of hydrazone groups is 1. The van der Waals surface area contributed by atoms with E-state index in [1.54, 1.807) is 29.3 Å². The molecule has 8 heteroatoms. The number of nitrogens with one attached hydrogen (secondary N) is 3. The number of nitrogens with zero attached hydrogens (tertiary/aromatic N) is 2. The smallest absolute Gasteiger partial charge is 0.256 e. The molecule has 28 heavy (non-hydrogen) atoms. The molecule has 3 rings (SSSR count). The topological polar surface area (TPSA) is 111 Å². The molecular weight excluding hydrogens is 358 g/mol. The van der Waals surface area contributed by atoms with Gasteiger partial charge in [0.15, 0.2) is 11.3 Å². The third kappa shape index (κ3) is 4.64. The van der Waals surface area contributed by atoms with Crippen molar-refractivity contribution < 1.29 is 9.53 Å². The van der Waals surface area contributed by atoms with Crippen LogP contribution in [0.5, 0.6) is 5.88 Å². The average molecular weight is 381 g/mol. The van der Waals surface area contributed by atoms with Crippen molar-refractivity contribution >= 4 is 24.0 Å². The number of piperidine rings is 1. The van der Waals surface area contributed by atoms with Gasteiger partial charge in [-0.05, 0) is 31.9 Å². The molecule has 0 bridgehead atoms. The minimum Gasteiger partial charge on any atom is -0.474 e. The van der Waals surface area contributed by atoms with Crippen LogP contribution in [0.3, 0.4) is 0 Å². The highest BCUT2D eigenvalue weighted by atomic mass is 16.5. The van der Waals surface area contributed by atoms with Crippen molar-refractivity contribution in [2.75, 3.05) is 12.0 Å². The molecule has 1 aromatic carbocycles. The third-order valence-electron chi connectivity index (χ3n) is 4.63. The van der Waals surface area contributed by atoms with Gasteiger partial charge in [-0.25, -0.2) is 0 Å². The lowest BCUT2D eigenvalue weighted by molar-refractivity contribution is 0.0373. The minimum absolute atomic E-state index is 0.0697. The summed E-state index contributed by atoms with van der Waals surface area (Å²) in [6, 6.07) is 10.0. The van der Waals surface area contributed by atoms with Crippen molar-refractivity contribution in [2.24, 2.45) is 5.10 Å². The Labute approximate surface area is 162 Å². The van der Waals surface area contributed by atoms with E-state index in [1.807, 2.05) is 13.0 Å². The highest BCUT2D eigenvalue weighted by Gasteiger charge is 2.31. The van der Waals surface area contributed by atoms with E-state index in [9.17, 15) is 9.59 Å². The summed E-state index contributed by atoms with van der Waals surface area (Å²) < 4.78 is 5.90. The molecule has 8 nitrogen and oxygen atoms in total. The summed E-state index contributed by atoms with van der Waals surface area (Å²) in [7, 11) is 0. The quantitative estimate of drug-likeness (QED) is 0.527. The fourth-order valence-corrected chi connectivity index (χ4v) is 3.19. The van der Waals surface area contributed by atoms with Gasteiger partial charge in [-0.15, -0.1) is 0 Å². The van der Waals surface area contributed by atoms with E-state index in [2.05, 4.69) is 15.5 Å². The first-order valence-electron chi connectivity index (χ1n) is 9.12. The van der Waals surface area contributed by atoms with E-state index in [0.717, 1.165) is 19.1 Å². The lowest BCUT2D eigenvalue weighted by Crippen LogP contribution is -2.49. The Balaban J connectivity index is 1.76. The Hall–Kier alpha value is -3.42. The number of amides is 1. The molecule has 146 valence electrons. The molecule has 0 saturated carbocycles. The zero-order chi connectivity index (χ0) is 19.9. The van der Waals surface area contributed by atoms with Crippen molar-refractivity contribution in [3.05, 3.63) is 58.4 Å². The Kier molecular flexibility index (Phi) is 6.21. The van der Waals surface area contributed by atoms with Gasteiger partial charge >= 0.3 is 0 Å². The van der Waals surface area contributed by atoms with E-state index in [0.29, 0.717) is 23.7 Å². The molecule has 2 atom stereocenters. The van der Waals surface area contributed by atoms with E-state index >= 15 is 0 Å². The molecule has 0 aliphatic carbocycles. The summed E-state index contributed by atoms with van der Waals surface area (Å²) in [5.41, 5.74) is 3.76. The fourth-order valence-electron chi connectivity index (χ4n) is 3.19. The molecule has 1 aliphatic heterocycles. The highest BCUT2D eigenvalue weighted by Crippen LogP contribution is 2.25. The summed E-state index contributed by atoms with van der Waals surface area (Å²) in [6.07, 6.45) is 5.30. The van der Waals surface area contributed by atoms with Crippen LogP contribution in [0.15, 0.2) is 52.5 Å². The largest absolute Gasteiger partial charge is 0.474 e. The predicted octanol–water partition coefficient (Wildman–Crippen LogP) is 2.49. The number of aromatic amines is 1. The number of H-pyrrole nitrogens is 1. The molecule has 3 N–H and O–H groups in total. The second-order valence-electron chi connectivity index (χ2n) is 6.61. The molecule has 1 aliphatic rings. The number of rotatable bonds is 6. The SMILES string of the molecule is C[C@@H]1CC[C@@H](Oc2cc(=O)cc[nH]2)CN1C(=O)c1ccccc1N/N=C\C=N. The number of likely N-dealkylation sites (tertiary alicyclic amines) is 1. The van der Waals surface area contributed by atoms with Gasteiger partial charge in [0.2, 0.25) is 0 Å². The molecule has 2 heterocycles. The maximum Gasteiger partial charge on any atom is 0.256 e. The molecule has 1 amide bonds. The van der Waals surface area contributed by atoms with Crippen LogP contribution < -0.4 is 15.6 Å². The number of pyridine rings is 1. The predicted molar refractivity (Wildman–Crippen MR) is 109 cm³/mol. The molecule has 1 saturated heterocycles. The molecule has 2 aromatic rings. The number of carbonyl (C=O) groups is 1. The standard InChI is InChI=1S/C20H23N5O3/c1-14-6-7-16(28-19-12-15(26)8-10-22-19)13-25(14)20(27)17-4-2-3-5-18(17)24-23-11-9-21/h2-5,8-12,14,16,21,24H,6-7,13H2,1H3,(H,22,26)/b21-9?,23-11-/t14-,16-/m1/s1. The summed E-state index contributed by atoms with van der Waals surface area (Å²) >= 11 is 0. The van der Waals surface area contributed by atoms with Crippen molar-refractivity contribution in [1.29, 1.82) is 5.41 Å². The molecular formula is C20H23N5O3. The van der Waals surface area contributed by atoms with Crippen molar-refractivity contribution in [2.45, 2.75) is 31.9 Å². The van der Waals surface area contributed by atoms with Gasteiger partial charge in [0.1, 0.15) is 6.10 Å². The monoisotopic (exact) mass is 381 g/mol. The lowest BCUT2D eigenvalue weighted by Gasteiger charge is -2.38. The van der Waals surface area contributed by atoms with E-state index in [-0.39, 0.29) is 23.5 Å². The summed E-state index contributed by atoms with van der Waals surface area (Å²) in [4.78, 5) is 29.4. The second kappa shape index (κ2) is 8.98. The maximum absolute atomic E-state index is 13.2. The molecule has 1 aromatic heterocycles. The first-order valence-corrected chi connectivity index (χ1v) is 9.12. The van der Waals surface area contributed by atoms with Crippen molar-refractivity contribution in [1.82, 2.24) is 9.88 Å². The number of carbonyl (C=O) groups excluding carboxylic acids is 1. The number of hydrogen-bond acceptors (Lipinski definition) is 6. The Morgan fingerprint density at radius 2 is 2.18 bits per heavy atom. The van der Waals surface area contributed by atoms with Crippen molar-refractivity contribution in [3.8, 4) is 5.88 Å². The minimum atomic E-state index is -0.200. The van der Waals surface area contributed by atoms with Crippen LogP contribution in [0, 0.1) is 5.41 Å². The normalized spacial score (nSPS) is 19.4. The van der Waals surface area contributed by atoms with E-state index in [1.165, 1.54) is 18.3 Å². The Morgan fingerprint density at radius 1 is 1.36 bits per heavy atom. The molecule has 0 spiro atoms. The Morgan fingerprint density at radius 3 is 2.96 bits per heavy atom. The van der Waals surface area contributed by atoms with Crippen LogP contribution in [0.2, 0.25) is 0 Å². The van der Waals surface area contributed by atoms with Gasteiger partial charge in [-0.1, -0.05) is 12.1 Å². The van der Waals surface area contributed by atoms with Crippen molar-refractivity contribution in [3.63, 3.8) is 0 Å². The number of benzene rings is 1. The van der Waals surface area contributed by atoms with Crippen LogP contribution in [-0.2, 0) is 0 Å². The summed E-state index contributed by atoms with van der Waals surface area (Å²) in [5, 5.41) is 10.9. The fraction of sp³-hybridized carbons (Fsp3) is 0.300. The average Bonchev–Trinajstić information content (AvgIpc) is 2.69. The van der Waals surface area contributed by atoms with Gasteiger partial charge < -0.3 is 20.0 Å².